The van der Waals surface area contributed by atoms with Crippen molar-refractivity contribution in [1.29, 1.82) is 0 Å². The molecule has 0 radical (unpaired) electrons. The second-order valence-corrected chi connectivity index (χ2v) is 6.23. The predicted molar refractivity (Wildman–Crippen MR) is 104 cm³/mol. The highest BCUT2D eigenvalue weighted by atomic mass is 16.5. The van der Waals surface area contributed by atoms with Crippen LogP contribution in [0.3, 0.4) is 0 Å². The highest BCUT2D eigenvalue weighted by molar-refractivity contribution is 5.95. The maximum Gasteiger partial charge on any atom is 0.332 e. The zero-order valence-electron chi connectivity index (χ0n) is 15.9. The topological polar surface area (TPSA) is 104 Å². The lowest BCUT2D eigenvalue weighted by Crippen LogP contribution is -2.37. The van der Waals surface area contributed by atoms with Gasteiger partial charge in [-0.3, -0.25) is 18.7 Å². The molecular weight excluding hydrogens is 364 g/mol. The van der Waals surface area contributed by atoms with Gasteiger partial charge in [0.25, 0.3) is 11.5 Å². The Morgan fingerprint density at radius 2 is 1.75 bits per heavy atom. The van der Waals surface area contributed by atoms with Crippen LogP contribution in [0.4, 0.5) is 5.69 Å². The largest absolute Gasteiger partial charge is 0.497 e. The van der Waals surface area contributed by atoms with Crippen LogP contribution in [0.25, 0.3) is 11.0 Å². The fraction of sp³-hybridized carbons (Fsp3) is 0.263. The molecule has 1 amide bonds. The van der Waals surface area contributed by atoms with Crippen LogP contribution in [0, 0.1) is 0 Å². The van der Waals surface area contributed by atoms with Crippen molar-refractivity contribution in [2.24, 2.45) is 14.1 Å². The number of methoxy groups -OCH3 is 1. The molecule has 9 nitrogen and oxygen atoms in total. The van der Waals surface area contributed by atoms with Crippen molar-refractivity contribution in [2.75, 3.05) is 12.4 Å². The molecule has 0 saturated heterocycles. The lowest BCUT2D eigenvalue weighted by Gasteiger charge is -2.15. The summed E-state index contributed by atoms with van der Waals surface area (Å²) in [5, 5.41) is 2.90. The zero-order valence-corrected chi connectivity index (χ0v) is 15.9. The first-order valence-corrected chi connectivity index (χ1v) is 8.49. The number of fused-ring (bicyclic) bond motifs is 1. The Bertz CT molecular complexity index is 1150. The third-order valence-corrected chi connectivity index (χ3v) is 4.30. The van der Waals surface area contributed by atoms with Crippen LogP contribution < -0.4 is 26.0 Å². The number of anilines is 1. The molecule has 146 valence electrons. The first-order valence-electron chi connectivity index (χ1n) is 8.49. The van der Waals surface area contributed by atoms with E-state index in [9.17, 15) is 14.4 Å². The molecule has 0 aliphatic heterocycles. The van der Waals surface area contributed by atoms with E-state index in [0.717, 1.165) is 4.57 Å². The number of aryl methyl sites for hydroxylation is 1. The summed E-state index contributed by atoms with van der Waals surface area (Å²) in [7, 11) is 4.48. The molecule has 1 aromatic carbocycles. The molecule has 0 aliphatic rings. The fourth-order valence-electron chi connectivity index (χ4n) is 2.69. The highest BCUT2D eigenvalue weighted by Crippen LogP contribution is 2.19. The summed E-state index contributed by atoms with van der Waals surface area (Å²) in [6.45, 7) is 1.61. The highest BCUT2D eigenvalue weighted by Gasteiger charge is 2.17. The van der Waals surface area contributed by atoms with Gasteiger partial charge in [-0.1, -0.05) is 0 Å². The van der Waals surface area contributed by atoms with Crippen LogP contribution in [-0.4, -0.2) is 33.2 Å². The molecule has 3 aromatic rings. The van der Waals surface area contributed by atoms with Gasteiger partial charge >= 0.3 is 5.69 Å². The van der Waals surface area contributed by atoms with Crippen LogP contribution >= 0.6 is 0 Å². The summed E-state index contributed by atoms with van der Waals surface area (Å²) in [5.74, 6) is 0.797. The molecule has 9 heteroatoms. The molecule has 2 heterocycles. The van der Waals surface area contributed by atoms with Crippen molar-refractivity contribution in [3.05, 3.63) is 57.4 Å². The number of nitrogens with zero attached hydrogens (tertiary/aromatic N) is 3. The molecule has 28 heavy (non-hydrogen) atoms. The van der Waals surface area contributed by atoms with Crippen LogP contribution in [-0.2, 0) is 18.9 Å². The van der Waals surface area contributed by atoms with Crippen molar-refractivity contribution in [3.63, 3.8) is 0 Å². The summed E-state index contributed by atoms with van der Waals surface area (Å²) in [6, 6.07) is 8.34. The Kier molecular flexibility index (Phi) is 5.16. The van der Waals surface area contributed by atoms with Gasteiger partial charge in [0.15, 0.2) is 6.10 Å². The second-order valence-electron chi connectivity index (χ2n) is 6.23. The van der Waals surface area contributed by atoms with Gasteiger partial charge in [0, 0.05) is 14.1 Å². The molecular formula is C19H20N4O5. The first kappa shape index (κ1) is 19.2. The second kappa shape index (κ2) is 7.55. The van der Waals surface area contributed by atoms with Gasteiger partial charge < -0.3 is 14.8 Å². The molecule has 0 saturated carbocycles. The minimum absolute atomic E-state index is 0.228. The van der Waals surface area contributed by atoms with E-state index in [1.165, 1.54) is 30.9 Å². The number of ether oxygens (including phenoxy) is 2. The Labute approximate surface area is 160 Å². The van der Waals surface area contributed by atoms with Gasteiger partial charge in [-0.25, -0.2) is 9.78 Å². The number of hydrogen-bond donors (Lipinski definition) is 1. The van der Waals surface area contributed by atoms with Crippen LogP contribution in [0.2, 0.25) is 0 Å². The number of benzene rings is 1. The van der Waals surface area contributed by atoms with Crippen molar-refractivity contribution in [3.8, 4) is 11.5 Å². The van der Waals surface area contributed by atoms with Crippen molar-refractivity contribution < 1.29 is 14.3 Å². The Hall–Kier alpha value is -3.62. The third kappa shape index (κ3) is 3.59. The summed E-state index contributed by atoms with van der Waals surface area (Å²) in [5.41, 5.74) is -0.375. The number of rotatable bonds is 5. The van der Waals surface area contributed by atoms with E-state index in [1.54, 1.807) is 38.3 Å². The van der Waals surface area contributed by atoms with Crippen LogP contribution in [0.15, 0.2) is 46.1 Å². The summed E-state index contributed by atoms with van der Waals surface area (Å²) < 4.78 is 13.0. The molecule has 1 atom stereocenters. The van der Waals surface area contributed by atoms with Gasteiger partial charge in [0.1, 0.15) is 17.1 Å². The Balaban J connectivity index is 1.80. The van der Waals surface area contributed by atoms with Gasteiger partial charge in [0.05, 0.1) is 24.4 Å². The maximum atomic E-state index is 12.4. The summed E-state index contributed by atoms with van der Waals surface area (Å²) in [4.78, 5) is 40.9. The minimum Gasteiger partial charge on any atom is -0.497 e. The standard InChI is InChI=1S/C19H20N4O5/c1-11(28-14-7-5-13(27-4)6-8-14)17(24)21-12-9-15-16(20-10-12)22(2)19(26)23(3)18(15)25/h5-11H,1-4H3,(H,21,24). The van der Waals surface area contributed by atoms with E-state index in [2.05, 4.69) is 10.3 Å². The number of aromatic nitrogens is 3. The maximum absolute atomic E-state index is 12.4. The Morgan fingerprint density at radius 1 is 1.11 bits per heavy atom. The fourth-order valence-corrected chi connectivity index (χ4v) is 2.69. The van der Waals surface area contributed by atoms with Crippen LogP contribution in [0.5, 0.6) is 11.5 Å². The lowest BCUT2D eigenvalue weighted by molar-refractivity contribution is -0.122. The van der Waals surface area contributed by atoms with E-state index in [1.807, 2.05) is 0 Å². The normalized spacial score (nSPS) is 11.9. The minimum atomic E-state index is -0.785. The molecule has 1 unspecified atom stereocenters. The van der Waals surface area contributed by atoms with Crippen molar-refractivity contribution in [2.45, 2.75) is 13.0 Å². The number of carbonyl (C=O) groups excluding carboxylic acids is 1. The lowest BCUT2D eigenvalue weighted by atomic mass is 10.2. The van der Waals surface area contributed by atoms with E-state index in [4.69, 9.17) is 9.47 Å². The Morgan fingerprint density at radius 3 is 2.39 bits per heavy atom. The monoisotopic (exact) mass is 384 g/mol. The average molecular weight is 384 g/mol. The molecule has 0 aliphatic carbocycles. The number of carbonyl (C=O) groups is 1. The smallest absolute Gasteiger partial charge is 0.332 e. The van der Waals surface area contributed by atoms with Gasteiger partial charge in [0.2, 0.25) is 0 Å². The SMILES string of the molecule is COc1ccc(OC(C)C(=O)Nc2cnc3c(c2)c(=O)n(C)c(=O)n3C)cc1. The molecule has 0 spiro atoms. The predicted octanol–water partition coefficient (Wildman–Crippen LogP) is 1.05. The number of amides is 1. The van der Waals surface area contributed by atoms with E-state index in [0.29, 0.717) is 17.2 Å². The molecule has 3 rings (SSSR count). The quantitative estimate of drug-likeness (QED) is 0.705. The number of nitrogens with one attached hydrogen (secondary N) is 1. The summed E-state index contributed by atoms with van der Waals surface area (Å²) in [6.07, 6.45) is 0.603. The molecule has 1 N–H and O–H groups in total. The van der Waals surface area contributed by atoms with E-state index >= 15 is 0 Å². The molecule has 2 aromatic heterocycles. The summed E-state index contributed by atoms with van der Waals surface area (Å²) >= 11 is 0. The van der Waals surface area contributed by atoms with E-state index < -0.39 is 23.3 Å². The number of pyridine rings is 1. The average Bonchev–Trinajstić information content (AvgIpc) is 2.71. The third-order valence-electron chi connectivity index (χ3n) is 4.30. The van der Waals surface area contributed by atoms with E-state index in [-0.39, 0.29) is 11.0 Å². The first-order chi connectivity index (χ1) is 13.3. The van der Waals surface area contributed by atoms with Crippen LogP contribution in [0.1, 0.15) is 6.92 Å². The van der Waals surface area contributed by atoms with Crippen molar-refractivity contribution >= 4 is 22.6 Å². The van der Waals surface area contributed by atoms with Crippen molar-refractivity contribution in [1.82, 2.24) is 14.1 Å². The molecule has 0 bridgehead atoms. The van der Waals surface area contributed by atoms with Gasteiger partial charge in [-0.15, -0.1) is 0 Å². The number of hydrogen-bond acceptors (Lipinski definition) is 6. The zero-order chi connectivity index (χ0) is 20.4. The van der Waals surface area contributed by atoms with Gasteiger partial charge in [-0.2, -0.15) is 0 Å². The van der Waals surface area contributed by atoms with Gasteiger partial charge in [-0.05, 0) is 37.3 Å². The molecule has 0 fully saturated rings.